The first kappa shape index (κ1) is 9.46. The van der Waals surface area contributed by atoms with Crippen molar-refractivity contribution < 1.29 is 4.74 Å². The fraction of sp³-hybridized carbons (Fsp3) is 0.333. The minimum absolute atomic E-state index is 0.377. The fourth-order valence-corrected chi connectivity index (χ4v) is 2.23. The quantitative estimate of drug-likeness (QED) is 0.843. The van der Waals surface area contributed by atoms with E-state index in [-0.39, 0.29) is 5.54 Å². The number of hydrogen-bond donors (Lipinski definition) is 1. The molecule has 1 aromatic carbocycles. The minimum atomic E-state index is -0.377. The maximum atomic E-state index is 6.06. The summed E-state index contributed by atoms with van der Waals surface area (Å²) in [6.45, 7) is 1.10. The van der Waals surface area contributed by atoms with Crippen LogP contribution in [0.3, 0.4) is 0 Å². The molecule has 0 aliphatic carbocycles. The molecular formula is C9H9BrClNO. The molecule has 0 aromatic heterocycles. The highest BCUT2D eigenvalue weighted by molar-refractivity contribution is 9.10. The number of rotatable bonds is 1. The number of ether oxygens (including phenoxy) is 1. The van der Waals surface area contributed by atoms with Crippen LogP contribution in [0, 0.1) is 0 Å². The zero-order valence-electron chi connectivity index (χ0n) is 6.89. The Morgan fingerprint density at radius 2 is 2.15 bits per heavy atom. The van der Waals surface area contributed by atoms with Crippen LogP contribution in [0.25, 0.3) is 0 Å². The zero-order chi connectivity index (χ0) is 9.47. The first-order chi connectivity index (χ1) is 6.12. The van der Waals surface area contributed by atoms with Gasteiger partial charge in [0.25, 0.3) is 0 Å². The zero-order valence-corrected chi connectivity index (χ0v) is 9.23. The monoisotopic (exact) mass is 261 g/mol. The van der Waals surface area contributed by atoms with Crippen molar-refractivity contribution in [2.75, 3.05) is 13.2 Å². The van der Waals surface area contributed by atoms with Gasteiger partial charge in [0.1, 0.15) is 0 Å². The topological polar surface area (TPSA) is 35.2 Å². The van der Waals surface area contributed by atoms with Crippen molar-refractivity contribution in [1.29, 1.82) is 0 Å². The smallest absolute Gasteiger partial charge is 0.0898 e. The van der Waals surface area contributed by atoms with E-state index in [1.807, 2.05) is 18.2 Å². The van der Waals surface area contributed by atoms with Crippen molar-refractivity contribution in [1.82, 2.24) is 0 Å². The van der Waals surface area contributed by atoms with Crippen molar-refractivity contribution >= 4 is 27.5 Å². The molecule has 1 aromatic rings. The van der Waals surface area contributed by atoms with Crippen molar-refractivity contribution in [2.24, 2.45) is 5.73 Å². The third kappa shape index (κ3) is 1.62. The summed E-state index contributed by atoms with van der Waals surface area (Å²) in [7, 11) is 0. The lowest BCUT2D eigenvalue weighted by Crippen LogP contribution is -2.54. The van der Waals surface area contributed by atoms with Gasteiger partial charge < -0.3 is 10.5 Å². The van der Waals surface area contributed by atoms with Gasteiger partial charge in [0.05, 0.1) is 18.8 Å². The highest BCUT2D eigenvalue weighted by atomic mass is 79.9. The van der Waals surface area contributed by atoms with Gasteiger partial charge in [-0.1, -0.05) is 33.6 Å². The van der Waals surface area contributed by atoms with Gasteiger partial charge in [-0.2, -0.15) is 0 Å². The number of benzene rings is 1. The third-order valence-corrected chi connectivity index (χ3v) is 2.99. The Hall–Kier alpha value is -0.0900. The Balaban J connectivity index is 2.40. The summed E-state index contributed by atoms with van der Waals surface area (Å²) >= 11 is 9.41. The maximum absolute atomic E-state index is 6.06. The van der Waals surface area contributed by atoms with Gasteiger partial charge in [0, 0.05) is 9.50 Å². The van der Waals surface area contributed by atoms with E-state index in [2.05, 4.69) is 15.9 Å². The van der Waals surface area contributed by atoms with E-state index in [1.165, 1.54) is 0 Å². The minimum Gasteiger partial charge on any atom is -0.377 e. The fourth-order valence-electron chi connectivity index (χ4n) is 1.37. The van der Waals surface area contributed by atoms with Crippen molar-refractivity contribution in [3.05, 3.63) is 33.3 Å². The molecular weight excluding hydrogens is 253 g/mol. The SMILES string of the molecule is NC1(c2ccc(Br)cc2Cl)COC1. The van der Waals surface area contributed by atoms with Gasteiger partial charge in [-0.05, 0) is 17.7 Å². The Morgan fingerprint density at radius 3 is 2.62 bits per heavy atom. The molecule has 4 heteroatoms. The first-order valence-corrected chi connectivity index (χ1v) is 5.11. The molecule has 1 aliphatic rings. The lowest BCUT2D eigenvalue weighted by Gasteiger charge is -2.38. The second-order valence-corrected chi connectivity index (χ2v) is 4.60. The maximum Gasteiger partial charge on any atom is 0.0898 e. The van der Waals surface area contributed by atoms with Crippen molar-refractivity contribution in [3.63, 3.8) is 0 Å². The highest BCUT2D eigenvalue weighted by Gasteiger charge is 2.37. The van der Waals surface area contributed by atoms with Crippen LogP contribution in [-0.2, 0) is 10.3 Å². The second-order valence-electron chi connectivity index (χ2n) is 3.27. The van der Waals surface area contributed by atoms with Gasteiger partial charge >= 0.3 is 0 Å². The first-order valence-electron chi connectivity index (χ1n) is 3.94. The average Bonchev–Trinajstić information content (AvgIpc) is 2.00. The van der Waals surface area contributed by atoms with Gasteiger partial charge in [-0.25, -0.2) is 0 Å². The van der Waals surface area contributed by atoms with E-state index in [4.69, 9.17) is 22.1 Å². The van der Waals surface area contributed by atoms with E-state index in [0.29, 0.717) is 18.2 Å². The molecule has 0 unspecified atom stereocenters. The largest absolute Gasteiger partial charge is 0.377 e. The van der Waals surface area contributed by atoms with Gasteiger partial charge in [-0.3, -0.25) is 0 Å². The molecule has 0 amide bonds. The lowest BCUT2D eigenvalue weighted by molar-refractivity contribution is -0.0568. The number of hydrogen-bond acceptors (Lipinski definition) is 2. The van der Waals surface area contributed by atoms with Crippen LogP contribution in [0.1, 0.15) is 5.56 Å². The molecule has 2 nitrogen and oxygen atoms in total. The number of nitrogens with two attached hydrogens (primary N) is 1. The molecule has 1 aliphatic heterocycles. The van der Waals surface area contributed by atoms with Crippen molar-refractivity contribution in [3.8, 4) is 0 Å². The predicted molar refractivity (Wildman–Crippen MR) is 55.8 cm³/mol. The van der Waals surface area contributed by atoms with Gasteiger partial charge in [-0.15, -0.1) is 0 Å². The highest BCUT2D eigenvalue weighted by Crippen LogP contribution is 2.33. The Bertz CT molecular complexity index is 338. The molecule has 2 N–H and O–H groups in total. The van der Waals surface area contributed by atoms with Gasteiger partial charge in [0.15, 0.2) is 0 Å². The molecule has 0 radical (unpaired) electrons. The van der Waals surface area contributed by atoms with E-state index in [1.54, 1.807) is 0 Å². The normalized spacial score (nSPS) is 19.6. The summed E-state index contributed by atoms with van der Waals surface area (Å²) in [6.07, 6.45) is 0. The lowest BCUT2D eigenvalue weighted by atomic mass is 9.89. The summed E-state index contributed by atoms with van der Waals surface area (Å²) in [4.78, 5) is 0. The van der Waals surface area contributed by atoms with E-state index < -0.39 is 0 Å². The molecule has 70 valence electrons. The van der Waals surface area contributed by atoms with Gasteiger partial charge in [0.2, 0.25) is 0 Å². The van der Waals surface area contributed by atoms with Crippen molar-refractivity contribution in [2.45, 2.75) is 5.54 Å². The Morgan fingerprint density at radius 1 is 1.46 bits per heavy atom. The standard InChI is InChI=1S/C9H9BrClNO/c10-6-1-2-7(8(11)3-6)9(12)4-13-5-9/h1-3H,4-5,12H2. The summed E-state index contributed by atoms with van der Waals surface area (Å²) < 4.78 is 6.05. The van der Waals surface area contributed by atoms with Crippen LogP contribution in [0.5, 0.6) is 0 Å². The molecule has 0 saturated carbocycles. The summed E-state index contributed by atoms with van der Waals surface area (Å²) in [5, 5.41) is 0.695. The molecule has 2 rings (SSSR count). The molecule has 1 saturated heterocycles. The summed E-state index contributed by atoms with van der Waals surface area (Å²) in [5.41, 5.74) is 6.63. The third-order valence-electron chi connectivity index (χ3n) is 2.19. The molecule has 0 spiro atoms. The molecule has 13 heavy (non-hydrogen) atoms. The van der Waals surface area contributed by atoms with Crippen LogP contribution in [0.4, 0.5) is 0 Å². The van der Waals surface area contributed by atoms with E-state index in [0.717, 1.165) is 10.0 Å². The Kier molecular flexibility index (Phi) is 2.36. The van der Waals surface area contributed by atoms with E-state index >= 15 is 0 Å². The summed E-state index contributed by atoms with van der Waals surface area (Å²) in [6, 6.07) is 5.73. The van der Waals surface area contributed by atoms with Crippen LogP contribution in [0.15, 0.2) is 22.7 Å². The van der Waals surface area contributed by atoms with Crippen LogP contribution < -0.4 is 5.73 Å². The van der Waals surface area contributed by atoms with Crippen LogP contribution in [-0.4, -0.2) is 13.2 Å². The van der Waals surface area contributed by atoms with E-state index in [9.17, 15) is 0 Å². The average molecular weight is 263 g/mol. The van der Waals surface area contributed by atoms with Crippen LogP contribution in [0.2, 0.25) is 5.02 Å². The summed E-state index contributed by atoms with van der Waals surface area (Å²) in [5.74, 6) is 0. The molecule has 1 fully saturated rings. The molecule has 0 atom stereocenters. The predicted octanol–water partition coefficient (Wildman–Crippen LogP) is 2.29. The molecule has 1 heterocycles. The number of halogens is 2. The Labute approximate surface area is 90.1 Å². The molecule has 0 bridgehead atoms. The van der Waals surface area contributed by atoms with Crippen LogP contribution >= 0.6 is 27.5 Å². The second kappa shape index (κ2) is 3.24.